The van der Waals surface area contributed by atoms with Crippen LogP contribution in [0.4, 0.5) is 34.1 Å². The van der Waals surface area contributed by atoms with Crippen LogP contribution < -0.4 is 26.2 Å². The molecule has 0 amide bonds. The minimum Gasteiger partial charge on any atom is -0.311 e. The van der Waals surface area contributed by atoms with Crippen LogP contribution >= 0.6 is 0 Å². The van der Waals surface area contributed by atoms with Crippen LogP contribution in [0.5, 0.6) is 0 Å². The Kier molecular flexibility index (Phi) is 16.1. The van der Waals surface area contributed by atoms with Crippen molar-refractivity contribution in [3.63, 3.8) is 0 Å². The van der Waals surface area contributed by atoms with Crippen LogP contribution in [0.25, 0.3) is 99.5 Å². The van der Waals surface area contributed by atoms with Gasteiger partial charge in [0.2, 0.25) is 0 Å². The van der Waals surface area contributed by atoms with Gasteiger partial charge in [-0.25, -0.2) is 0 Å². The fraction of sp³-hybridized carbons (Fsp3) is 0.235. The molecule has 17 rings (SSSR count). The van der Waals surface area contributed by atoms with Crippen molar-refractivity contribution in [2.24, 2.45) is 0 Å². The van der Waals surface area contributed by atoms with Crippen LogP contribution in [-0.2, 0) is 32.5 Å². The van der Waals surface area contributed by atoms with Crippen molar-refractivity contribution in [2.45, 2.75) is 157 Å². The fourth-order valence-corrected chi connectivity index (χ4v) is 17.4. The van der Waals surface area contributed by atoms with Gasteiger partial charge >= 0.3 is 0 Å². The molecule has 2 aromatic heterocycles. The first-order valence-corrected chi connectivity index (χ1v) is 38.7. The molecule has 2 aliphatic rings. The monoisotopic (exact) mass is 1390 g/mol. The molecule has 0 radical (unpaired) electrons. The second kappa shape index (κ2) is 24.9. The maximum Gasteiger partial charge on any atom is 0.252 e. The lowest BCUT2D eigenvalue weighted by Gasteiger charge is -2.46. The molecule has 0 aliphatic carbocycles. The molecule has 107 heavy (non-hydrogen) atoms. The second-order valence-corrected chi connectivity index (χ2v) is 36.7. The van der Waals surface area contributed by atoms with Crippen molar-refractivity contribution >= 4 is 101 Å². The highest BCUT2D eigenvalue weighted by molar-refractivity contribution is 7.00. The van der Waals surface area contributed by atoms with E-state index >= 15 is 0 Å². The maximum atomic E-state index is 2.74. The Hall–Kier alpha value is -10.9. The zero-order valence-electron chi connectivity index (χ0n) is 65.8. The van der Waals surface area contributed by atoms with Gasteiger partial charge in [-0.1, -0.05) is 325 Å². The van der Waals surface area contributed by atoms with Crippen molar-refractivity contribution < 1.29 is 0 Å². The fourth-order valence-electron chi connectivity index (χ4n) is 17.4. The summed E-state index contributed by atoms with van der Waals surface area (Å²) in [6.45, 7) is 42.3. The van der Waals surface area contributed by atoms with E-state index < -0.39 is 0 Å². The smallest absolute Gasteiger partial charge is 0.252 e. The van der Waals surface area contributed by atoms with E-state index in [4.69, 9.17) is 0 Å². The Bertz CT molecular complexity index is 6000. The van der Waals surface area contributed by atoms with Crippen molar-refractivity contribution in [1.29, 1.82) is 0 Å². The summed E-state index contributed by atoms with van der Waals surface area (Å²) in [4.78, 5) is 5.46. The third-order valence-electron chi connectivity index (χ3n) is 23.2. The summed E-state index contributed by atoms with van der Waals surface area (Å²) in [5.41, 5.74) is 34.0. The highest BCUT2D eigenvalue weighted by Gasteiger charge is 2.46. The zero-order valence-corrected chi connectivity index (χ0v) is 65.8. The van der Waals surface area contributed by atoms with Crippen LogP contribution in [0.2, 0.25) is 0 Å². The quantitative estimate of drug-likeness (QED) is 0.141. The van der Waals surface area contributed by atoms with Crippen molar-refractivity contribution in [1.82, 2.24) is 9.13 Å². The van der Waals surface area contributed by atoms with Gasteiger partial charge in [0.1, 0.15) is 0 Å². The minimum absolute atomic E-state index is 0.0422. The number of hydrogen-bond acceptors (Lipinski definition) is 2. The Morgan fingerprint density at radius 3 is 0.981 bits per heavy atom. The van der Waals surface area contributed by atoms with E-state index in [0.717, 1.165) is 34.1 Å². The topological polar surface area (TPSA) is 16.3 Å². The number of rotatable bonds is 8. The number of nitrogens with zero attached hydrogens (tertiary/aromatic N) is 4. The molecule has 2 aliphatic heterocycles. The molecular formula is C102H99BN4. The van der Waals surface area contributed by atoms with Gasteiger partial charge in [-0.2, -0.15) is 0 Å². The Balaban J connectivity index is 1.05. The van der Waals surface area contributed by atoms with Crippen molar-refractivity contribution in [3.05, 3.63) is 306 Å². The summed E-state index contributed by atoms with van der Waals surface area (Å²) in [5.74, 6) is 0. The van der Waals surface area contributed by atoms with E-state index in [1.807, 2.05) is 0 Å². The normalized spacial score (nSPS) is 13.5. The van der Waals surface area contributed by atoms with Gasteiger partial charge in [0, 0.05) is 66.8 Å². The van der Waals surface area contributed by atoms with Gasteiger partial charge in [0.25, 0.3) is 6.71 Å². The lowest BCUT2D eigenvalue weighted by Crippen LogP contribution is -2.61. The first-order valence-electron chi connectivity index (χ1n) is 38.7. The molecule has 0 unspecified atom stereocenters. The van der Waals surface area contributed by atoms with Crippen LogP contribution in [0.15, 0.2) is 273 Å². The Morgan fingerprint density at radius 1 is 0.224 bits per heavy atom. The first kappa shape index (κ1) is 69.2. The van der Waals surface area contributed by atoms with E-state index in [1.165, 1.54) is 149 Å². The van der Waals surface area contributed by atoms with Crippen LogP contribution in [0.3, 0.4) is 0 Å². The molecule has 0 saturated carbocycles. The van der Waals surface area contributed by atoms with Gasteiger partial charge in [0.05, 0.1) is 33.4 Å². The van der Waals surface area contributed by atoms with Gasteiger partial charge in [-0.3, -0.25) is 0 Å². The van der Waals surface area contributed by atoms with Gasteiger partial charge in [-0.15, -0.1) is 0 Å². The van der Waals surface area contributed by atoms with Gasteiger partial charge in [0.15, 0.2) is 0 Å². The molecule has 0 N–H and O–H groups in total. The number of fused-ring (bicyclic) bond motifs is 10. The molecule has 0 bridgehead atoms. The summed E-state index contributed by atoms with van der Waals surface area (Å²) in [7, 11) is 0. The molecule has 15 aromatic rings. The van der Waals surface area contributed by atoms with Crippen LogP contribution in [0.1, 0.15) is 158 Å². The van der Waals surface area contributed by atoms with E-state index in [0.29, 0.717) is 0 Å². The molecule has 0 saturated heterocycles. The number of aromatic nitrogens is 2. The predicted molar refractivity (Wildman–Crippen MR) is 463 cm³/mol. The third kappa shape index (κ3) is 11.7. The summed E-state index contributed by atoms with van der Waals surface area (Å²) >= 11 is 0. The molecule has 530 valence electrons. The van der Waals surface area contributed by atoms with Crippen molar-refractivity contribution in [3.8, 4) is 55.9 Å². The lowest BCUT2D eigenvalue weighted by molar-refractivity contribution is 0.570. The van der Waals surface area contributed by atoms with Gasteiger partial charge < -0.3 is 18.9 Å². The third-order valence-corrected chi connectivity index (χ3v) is 23.2. The SMILES string of the molecule is CC(C)(C)c1cccc(-c2ccc(-c3ccccc3C(C)(C)C)cc2N2c3cc(-n4c5ccccc5c5ccccc54)ccc3B3c4ccc(-n5c6ccccc6c6ccccc65)cc4N(c4cc(-c5ccc(C(C)(C)C)cc5C(C)(C)C)ccc4-c4cccc(C(C)(C)C)c4)c4cc(C(C)(C)C)cc2c43)c1. The van der Waals surface area contributed by atoms with E-state index in [2.05, 4.69) is 417 Å². The number of hydrogen-bond donors (Lipinski definition) is 0. The molecular weight excluding hydrogens is 1290 g/mol. The number of para-hydroxylation sites is 4. The number of anilines is 6. The molecule has 4 nitrogen and oxygen atoms in total. The molecule has 0 spiro atoms. The molecule has 0 fully saturated rings. The maximum absolute atomic E-state index is 2.74. The Labute approximate surface area is 635 Å². The predicted octanol–water partition coefficient (Wildman–Crippen LogP) is 26.4. The standard InChI is InChI=1S/C102H99BN4/c1-97(2,3)68-33-29-31-64(55-68)76-50-45-66(74-35-19-24-40-82(74)101(13,14)15)57-90(76)106-92-62-72(104-86-41-25-20-36-78(86)79-37-21-26-42-87(79)104)48-53-84(92)103-85-54-49-73(105-88-43-27-22-38-80(88)81-39-23-28-44-89(81)105)63-93(85)107(95-61-71(100(10,11)12)60-94(106)96(95)103)91-58-67(46-51-77(91)65-32-30-34-69(56-65)98(4,5)6)75-52-47-70(99(7,8)9)59-83(75)102(16,17)18/h19-63H,1-18H3. The zero-order chi connectivity index (χ0) is 74.8. The van der Waals surface area contributed by atoms with E-state index in [-0.39, 0.29) is 39.2 Å². The summed E-state index contributed by atoms with van der Waals surface area (Å²) in [6.07, 6.45) is 0. The van der Waals surface area contributed by atoms with Gasteiger partial charge in [-0.05, 0) is 188 Å². The van der Waals surface area contributed by atoms with E-state index in [9.17, 15) is 0 Å². The molecule has 5 heteroatoms. The average molecular weight is 1390 g/mol. The second-order valence-electron chi connectivity index (χ2n) is 36.7. The van der Waals surface area contributed by atoms with E-state index in [1.54, 1.807) is 0 Å². The Morgan fingerprint density at radius 2 is 0.579 bits per heavy atom. The first-order chi connectivity index (χ1) is 50.9. The lowest BCUT2D eigenvalue weighted by atomic mass is 9.33. The molecule has 13 aromatic carbocycles. The minimum atomic E-state index is -0.325. The summed E-state index contributed by atoms with van der Waals surface area (Å²) < 4.78 is 5.03. The largest absolute Gasteiger partial charge is 0.311 e. The van der Waals surface area contributed by atoms with Crippen molar-refractivity contribution in [2.75, 3.05) is 9.80 Å². The van der Waals surface area contributed by atoms with Crippen LogP contribution in [0, 0.1) is 0 Å². The summed E-state index contributed by atoms with van der Waals surface area (Å²) in [6, 6.07) is 106. The van der Waals surface area contributed by atoms with Crippen LogP contribution in [-0.4, -0.2) is 15.8 Å². The number of benzene rings is 13. The molecule has 0 atom stereocenters. The average Bonchev–Trinajstić information content (AvgIpc) is 1.17. The molecule has 4 heterocycles. The highest BCUT2D eigenvalue weighted by Crippen LogP contribution is 2.54. The highest BCUT2D eigenvalue weighted by atomic mass is 15.2. The summed E-state index contributed by atoms with van der Waals surface area (Å²) in [5, 5.41) is 4.94.